The van der Waals surface area contributed by atoms with E-state index < -0.39 is 0 Å². The molecular weight excluding hydrogens is 342 g/mol. The molecule has 0 saturated carbocycles. The Labute approximate surface area is 158 Å². The van der Waals surface area contributed by atoms with E-state index in [9.17, 15) is 4.79 Å². The van der Waals surface area contributed by atoms with Crippen LogP contribution in [-0.2, 0) is 0 Å². The third kappa shape index (κ3) is 4.79. The number of hydrogen-bond donors (Lipinski definition) is 1. The fraction of sp³-hybridized carbons (Fsp3) is 0.136. The number of rotatable bonds is 7. The molecule has 138 valence electrons. The number of carbonyl (C=O) groups is 1. The number of nitrogens with one attached hydrogen (secondary N) is 1. The average molecular weight is 363 g/mol. The fourth-order valence-electron chi connectivity index (χ4n) is 2.51. The van der Waals surface area contributed by atoms with Crippen molar-refractivity contribution in [3.05, 3.63) is 78.4 Å². The van der Waals surface area contributed by atoms with Gasteiger partial charge in [-0.2, -0.15) is 0 Å². The predicted octanol–water partition coefficient (Wildman–Crippen LogP) is 5.14. The number of amides is 1. The number of methoxy groups -OCH3 is 1. The van der Waals surface area contributed by atoms with Gasteiger partial charge in [0.15, 0.2) is 11.5 Å². The van der Waals surface area contributed by atoms with E-state index in [0.717, 1.165) is 5.75 Å². The van der Waals surface area contributed by atoms with E-state index in [2.05, 4.69) is 5.32 Å². The van der Waals surface area contributed by atoms with E-state index in [-0.39, 0.29) is 5.91 Å². The first-order chi connectivity index (χ1) is 13.2. The smallest absolute Gasteiger partial charge is 0.255 e. The summed E-state index contributed by atoms with van der Waals surface area (Å²) in [5.41, 5.74) is 1.24. The van der Waals surface area contributed by atoms with E-state index in [1.165, 1.54) is 0 Å². The van der Waals surface area contributed by atoms with Gasteiger partial charge in [-0.3, -0.25) is 4.79 Å². The minimum atomic E-state index is -0.184. The maximum atomic E-state index is 12.3. The molecule has 0 aliphatic heterocycles. The summed E-state index contributed by atoms with van der Waals surface area (Å²) in [6.45, 7) is 2.51. The van der Waals surface area contributed by atoms with Gasteiger partial charge < -0.3 is 19.5 Å². The lowest BCUT2D eigenvalue weighted by molar-refractivity contribution is 0.102. The summed E-state index contributed by atoms with van der Waals surface area (Å²) in [5, 5.41) is 2.86. The lowest BCUT2D eigenvalue weighted by atomic mass is 10.2. The molecule has 1 N–H and O–H groups in total. The third-order valence-corrected chi connectivity index (χ3v) is 3.84. The average Bonchev–Trinajstić information content (AvgIpc) is 2.70. The molecule has 3 aromatic rings. The number of para-hydroxylation sites is 2. The van der Waals surface area contributed by atoms with Gasteiger partial charge in [0.2, 0.25) is 0 Å². The zero-order valence-corrected chi connectivity index (χ0v) is 15.3. The van der Waals surface area contributed by atoms with Gasteiger partial charge in [0.1, 0.15) is 11.5 Å². The van der Waals surface area contributed by atoms with Crippen LogP contribution in [0.4, 0.5) is 5.69 Å². The molecule has 0 aliphatic rings. The molecule has 3 rings (SSSR count). The van der Waals surface area contributed by atoms with Gasteiger partial charge in [-0.05, 0) is 67.6 Å². The van der Waals surface area contributed by atoms with Gasteiger partial charge in [0, 0.05) is 11.3 Å². The van der Waals surface area contributed by atoms with Crippen LogP contribution in [0.15, 0.2) is 72.8 Å². The van der Waals surface area contributed by atoms with Gasteiger partial charge in [0.25, 0.3) is 5.91 Å². The minimum absolute atomic E-state index is 0.184. The van der Waals surface area contributed by atoms with E-state index in [0.29, 0.717) is 35.1 Å². The molecule has 0 fully saturated rings. The zero-order chi connectivity index (χ0) is 19.1. The Morgan fingerprint density at radius 1 is 0.852 bits per heavy atom. The lowest BCUT2D eigenvalue weighted by Crippen LogP contribution is -2.11. The molecule has 0 spiro atoms. The van der Waals surface area contributed by atoms with Crippen LogP contribution in [0.25, 0.3) is 0 Å². The molecule has 0 bridgehead atoms. The summed E-state index contributed by atoms with van der Waals surface area (Å²) >= 11 is 0. The molecule has 0 saturated heterocycles. The Morgan fingerprint density at radius 2 is 1.48 bits per heavy atom. The highest BCUT2D eigenvalue weighted by Gasteiger charge is 2.08. The van der Waals surface area contributed by atoms with Crippen molar-refractivity contribution in [3.8, 4) is 23.0 Å². The van der Waals surface area contributed by atoms with Crippen LogP contribution >= 0.6 is 0 Å². The third-order valence-electron chi connectivity index (χ3n) is 3.84. The Bertz CT molecular complexity index is 889. The van der Waals surface area contributed by atoms with Crippen molar-refractivity contribution < 1.29 is 19.0 Å². The maximum Gasteiger partial charge on any atom is 0.255 e. The van der Waals surface area contributed by atoms with Crippen LogP contribution in [0.3, 0.4) is 0 Å². The summed E-state index contributed by atoms with van der Waals surface area (Å²) in [5.74, 6) is 2.50. The van der Waals surface area contributed by atoms with E-state index >= 15 is 0 Å². The van der Waals surface area contributed by atoms with Gasteiger partial charge in [-0.1, -0.05) is 12.1 Å². The second-order valence-electron chi connectivity index (χ2n) is 5.69. The molecule has 0 radical (unpaired) electrons. The van der Waals surface area contributed by atoms with E-state index in [1.54, 1.807) is 55.6 Å². The summed E-state index contributed by atoms with van der Waals surface area (Å²) < 4.78 is 16.5. The van der Waals surface area contributed by atoms with Crippen LogP contribution < -0.4 is 19.5 Å². The van der Waals surface area contributed by atoms with Crippen LogP contribution in [0.5, 0.6) is 23.0 Å². The molecule has 3 aromatic carbocycles. The van der Waals surface area contributed by atoms with Crippen molar-refractivity contribution in [1.29, 1.82) is 0 Å². The van der Waals surface area contributed by atoms with Crippen molar-refractivity contribution in [1.82, 2.24) is 0 Å². The molecule has 0 aromatic heterocycles. The molecule has 5 heteroatoms. The summed E-state index contributed by atoms with van der Waals surface area (Å²) in [4.78, 5) is 12.3. The Hall–Kier alpha value is -3.47. The normalized spacial score (nSPS) is 10.1. The standard InChI is InChI=1S/C22H21NO4/c1-3-26-18-12-8-16(9-13-18)22(24)23-17-10-14-19(15-11-17)27-21-7-5-4-6-20(21)25-2/h4-15H,3H2,1-2H3,(H,23,24). The second kappa shape index (κ2) is 8.76. The van der Waals surface area contributed by atoms with Gasteiger partial charge in [-0.15, -0.1) is 0 Å². The highest BCUT2D eigenvalue weighted by molar-refractivity contribution is 6.04. The van der Waals surface area contributed by atoms with E-state index in [1.807, 2.05) is 31.2 Å². The SMILES string of the molecule is CCOc1ccc(C(=O)Nc2ccc(Oc3ccccc3OC)cc2)cc1. The number of hydrogen-bond acceptors (Lipinski definition) is 4. The molecule has 1 amide bonds. The summed E-state index contributed by atoms with van der Waals surface area (Å²) in [6, 6.07) is 21.6. The lowest BCUT2D eigenvalue weighted by Gasteiger charge is -2.11. The molecule has 0 unspecified atom stereocenters. The van der Waals surface area contributed by atoms with Crippen LogP contribution in [-0.4, -0.2) is 19.6 Å². The minimum Gasteiger partial charge on any atom is -0.494 e. The maximum absolute atomic E-state index is 12.3. The quantitative estimate of drug-likeness (QED) is 0.631. The largest absolute Gasteiger partial charge is 0.494 e. The molecule has 5 nitrogen and oxygen atoms in total. The van der Waals surface area contributed by atoms with Crippen molar-refractivity contribution in [2.45, 2.75) is 6.92 Å². The van der Waals surface area contributed by atoms with Gasteiger partial charge >= 0.3 is 0 Å². The monoisotopic (exact) mass is 363 g/mol. The first kappa shape index (κ1) is 18.3. The number of carbonyl (C=O) groups excluding carboxylic acids is 1. The first-order valence-corrected chi connectivity index (χ1v) is 8.64. The predicted molar refractivity (Wildman–Crippen MR) is 105 cm³/mol. The summed E-state index contributed by atoms with van der Waals surface area (Å²) in [7, 11) is 1.60. The Kier molecular flexibility index (Phi) is 5.94. The number of anilines is 1. The molecule has 0 aliphatic carbocycles. The Morgan fingerprint density at radius 3 is 2.11 bits per heavy atom. The van der Waals surface area contributed by atoms with Crippen molar-refractivity contribution in [3.63, 3.8) is 0 Å². The van der Waals surface area contributed by atoms with E-state index in [4.69, 9.17) is 14.2 Å². The highest BCUT2D eigenvalue weighted by Crippen LogP contribution is 2.31. The first-order valence-electron chi connectivity index (χ1n) is 8.64. The molecule has 0 atom stereocenters. The topological polar surface area (TPSA) is 56.8 Å². The van der Waals surface area contributed by atoms with Crippen LogP contribution in [0.1, 0.15) is 17.3 Å². The van der Waals surface area contributed by atoms with Crippen LogP contribution in [0.2, 0.25) is 0 Å². The fourth-order valence-corrected chi connectivity index (χ4v) is 2.51. The van der Waals surface area contributed by atoms with Crippen molar-refractivity contribution in [2.75, 3.05) is 19.0 Å². The molecule has 27 heavy (non-hydrogen) atoms. The zero-order valence-electron chi connectivity index (χ0n) is 15.3. The summed E-state index contributed by atoms with van der Waals surface area (Å²) in [6.07, 6.45) is 0. The highest BCUT2D eigenvalue weighted by atomic mass is 16.5. The Balaban J connectivity index is 1.64. The number of ether oxygens (including phenoxy) is 3. The number of benzene rings is 3. The van der Waals surface area contributed by atoms with Gasteiger partial charge in [0.05, 0.1) is 13.7 Å². The molecule has 0 heterocycles. The van der Waals surface area contributed by atoms with Crippen molar-refractivity contribution >= 4 is 11.6 Å². The van der Waals surface area contributed by atoms with Gasteiger partial charge in [-0.25, -0.2) is 0 Å². The molecular formula is C22H21NO4. The van der Waals surface area contributed by atoms with Crippen LogP contribution in [0, 0.1) is 0 Å². The second-order valence-corrected chi connectivity index (χ2v) is 5.69. The van der Waals surface area contributed by atoms with Crippen molar-refractivity contribution in [2.24, 2.45) is 0 Å².